The van der Waals surface area contributed by atoms with Gasteiger partial charge in [0.05, 0.1) is 40.1 Å². The highest BCUT2D eigenvalue weighted by Crippen LogP contribution is 2.50. The Hall–Kier alpha value is -8.06. The van der Waals surface area contributed by atoms with Gasteiger partial charge in [0, 0.05) is 34.0 Å². The molecule has 6 nitrogen and oxygen atoms in total. The van der Waals surface area contributed by atoms with Gasteiger partial charge < -0.3 is 5.11 Å². The predicted octanol–water partition coefficient (Wildman–Crippen LogP) is 15.1. The number of aromatic nitrogens is 3. The summed E-state index contributed by atoms with van der Waals surface area (Å²) in [5.74, 6) is 0.618. The maximum Gasteiger partial charge on any atom is 0.198 e. The van der Waals surface area contributed by atoms with Crippen LogP contribution in [0.15, 0.2) is 170 Å². The summed E-state index contributed by atoms with van der Waals surface area (Å²) in [6, 6.07) is 58.0. The molecule has 0 spiro atoms. The summed E-state index contributed by atoms with van der Waals surface area (Å²) in [6.07, 6.45) is 1.66. The van der Waals surface area contributed by atoms with Crippen molar-refractivity contribution in [2.24, 2.45) is 0 Å². The zero-order valence-electron chi connectivity index (χ0n) is 36.8. The van der Waals surface area contributed by atoms with Gasteiger partial charge in [-0.1, -0.05) is 169 Å². The van der Waals surface area contributed by atoms with Gasteiger partial charge in [-0.25, -0.2) is 9.83 Å². The first-order valence-corrected chi connectivity index (χ1v) is 21.5. The molecule has 9 rings (SSSR count). The molecule has 0 radical (unpaired) electrons. The van der Waals surface area contributed by atoms with E-state index < -0.39 is 10.8 Å². The van der Waals surface area contributed by atoms with Gasteiger partial charge in [-0.15, -0.1) is 0 Å². The summed E-state index contributed by atoms with van der Waals surface area (Å²) in [5.41, 5.74) is 13.8. The maximum absolute atomic E-state index is 12.6. The lowest BCUT2D eigenvalue weighted by Gasteiger charge is -2.30. The van der Waals surface area contributed by atoms with E-state index in [2.05, 4.69) is 109 Å². The maximum atomic E-state index is 12.6. The van der Waals surface area contributed by atoms with Crippen molar-refractivity contribution in [3.05, 3.63) is 198 Å². The number of hydrogen-bond acceptors (Lipinski definition) is 4. The van der Waals surface area contributed by atoms with Crippen molar-refractivity contribution >= 4 is 16.7 Å². The zero-order chi connectivity index (χ0) is 44.8. The number of para-hydroxylation sites is 2. The first-order valence-electron chi connectivity index (χ1n) is 21.5. The highest BCUT2D eigenvalue weighted by Gasteiger charge is 2.33. The molecule has 1 N–H and O–H groups in total. The lowest BCUT2D eigenvalue weighted by Crippen LogP contribution is -2.18. The number of hydrogen-bond donors (Lipinski definition) is 1. The van der Waals surface area contributed by atoms with Crippen molar-refractivity contribution < 1.29 is 5.11 Å². The molecule has 0 saturated heterocycles. The van der Waals surface area contributed by atoms with E-state index >= 15 is 0 Å². The SMILES string of the molecule is [C-]#[N+]c1c(C(C)(C)C)cc(-c2nc3c(-c4cc(-c5ccccc5)cc(-c5cc(-c6ccccc6)c(C#N)cn5)c4)cccc3n2-c2ccccc2-c2ccccc2)c(O)c1C(C)(C)C. The number of pyridine rings is 1. The lowest BCUT2D eigenvalue weighted by molar-refractivity contribution is 0.448. The van der Waals surface area contributed by atoms with E-state index in [9.17, 15) is 10.4 Å². The largest absolute Gasteiger partial charge is 0.508 e. The molecule has 2 heterocycles. The zero-order valence-corrected chi connectivity index (χ0v) is 36.8. The number of nitriles is 1. The Balaban J connectivity index is 1.37. The second kappa shape index (κ2) is 16.3. The summed E-state index contributed by atoms with van der Waals surface area (Å²) < 4.78 is 2.17. The van der Waals surface area contributed by atoms with Crippen LogP contribution in [0.25, 0.3) is 88.7 Å². The first kappa shape index (κ1) is 41.3. The first-order chi connectivity index (χ1) is 30.9. The Morgan fingerprint density at radius 1 is 0.578 bits per heavy atom. The number of phenols is 1. The molecule has 0 aliphatic rings. The normalized spacial score (nSPS) is 11.6. The Bertz CT molecular complexity index is 3300. The van der Waals surface area contributed by atoms with E-state index in [0.29, 0.717) is 28.2 Å². The molecule has 0 amide bonds. The van der Waals surface area contributed by atoms with Crippen LogP contribution in [0.3, 0.4) is 0 Å². The molecule has 0 bridgehead atoms. The Kier molecular flexibility index (Phi) is 10.5. The van der Waals surface area contributed by atoms with Gasteiger partial charge in [0.2, 0.25) is 0 Å². The van der Waals surface area contributed by atoms with Crippen molar-refractivity contribution in [3.63, 3.8) is 0 Å². The minimum atomic E-state index is -0.557. The van der Waals surface area contributed by atoms with Crippen LogP contribution in [0, 0.1) is 17.9 Å². The standard InChI is InChI=1S/C58H47N5O/c1-57(2,3)48-33-47(55(64)52(54(48)60-7)58(4,5)6)56-62-53-45(27-19-29-51(53)63(56)50-28-18-17-26-44(50)38-22-13-9-14-23-38)41-30-40(37-20-11-8-12-21-37)31-42(32-41)49-34-46(43(35-59)36-61-49)39-24-15-10-16-25-39/h8-34,36,64H,1-6H3. The Morgan fingerprint density at radius 2 is 1.16 bits per heavy atom. The molecule has 0 aliphatic heterocycles. The summed E-state index contributed by atoms with van der Waals surface area (Å²) in [7, 11) is 0. The van der Waals surface area contributed by atoms with Gasteiger partial charge in [-0.2, -0.15) is 5.26 Å². The fraction of sp³-hybridized carbons (Fsp3) is 0.138. The van der Waals surface area contributed by atoms with E-state index in [1.165, 1.54) is 0 Å². The van der Waals surface area contributed by atoms with E-state index in [0.717, 1.165) is 78.0 Å². The van der Waals surface area contributed by atoms with Crippen molar-refractivity contribution in [1.82, 2.24) is 14.5 Å². The smallest absolute Gasteiger partial charge is 0.198 e. The lowest BCUT2D eigenvalue weighted by atomic mass is 9.77. The van der Waals surface area contributed by atoms with E-state index in [1.54, 1.807) is 6.20 Å². The minimum Gasteiger partial charge on any atom is -0.508 e. The van der Waals surface area contributed by atoms with Crippen LogP contribution in [0.5, 0.6) is 5.75 Å². The molecule has 7 aromatic carbocycles. The third-order valence-corrected chi connectivity index (χ3v) is 11.9. The molecular formula is C58H47N5O. The number of rotatable bonds is 7. The molecule has 0 saturated carbocycles. The topological polar surface area (TPSA) is 79.1 Å². The number of imidazole rings is 1. The fourth-order valence-corrected chi connectivity index (χ4v) is 8.81. The van der Waals surface area contributed by atoms with Crippen LogP contribution in [0.2, 0.25) is 0 Å². The summed E-state index contributed by atoms with van der Waals surface area (Å²) >= 11 is 0. The molecule has 9 aromatic rings. The van der Waals surface area contributed by atoms with Crippen molar-refractivity contribution in [2.75, 3.05) is 0 Å². The monoisotopic (exact) mass is 829 g/mol. The van der Waals surface area contributed by atoms with Gasteiger partial charge in [-0.05, 0) is 80.6 Å². The molecule has 310 valence electrons. The van der Waals surface area contributed by atoms with Gasteiger partial charge in [0.1, 0.15) is 17.6 Å². The third-order valence-electron chi connectivity index (χ3n) is 11.9. The second-order valence-corrected chi connectivity index (χ2v) is 18.2. The van der Waals surface area contributed by atoms with E-state index in [4.69, 9.17) is 16.5 Å². The van der Waals surface area contributed by atoms with Crippen LogP contribution in [0.1, 0.15) is 58.2 Å². The Labute approximate surface area is 375 Å². The Morgan fingerprint density at radius 3 is 1.78 bits per heavy atom. The average Bonchev–Trinajstić information content (AvgIpc) is 3.70. The highest BCUT2D eigenvalue weighted by molar-refractivity contribution is 5.99. The fourth-order valence-electron chi connectivity index (χ4n) is 8.81. The van der Waals surface area contributed by atoms with Gasteiger partial charge >= 0.3 is 0 Å². The van der Waals surface area contributed by atoms with Crippen LogP contribution in [-0.2, 0) is 10.8 Å². The summed E-state index contributed by atoms with van der Waals surface area (Å²) in [5, 5.41) is 22.7. The highest BCUT2D eigenvalue weighted by atomic mass is 16.3. The number of benzene rings is 7. The van der Waals surface area contributed by atoms with Crippen molar-refractivity contribution in [3.8, 4) is 84.7 Å². The minimum absolute atomic E-state index is 0.0521. The molecule has 0 aliphatic carbocycles. The number of aromatic hydroxyl groups is 1. The van der Waals surface area contributed by atoms with Crippen molar-refractivity contribution in [2.45, 2.75) is 52.4 Å². The van der Waals surface area contributed by atoms with E-state index in [-0.39, 0.29) is 5.75 Å². The average molecular weight is 830 g/mol. The molecule has 0 atom stereocenters. The second-order valence-electron chi connectivity index (χ2n) is 18.2. The summed E-state index contributed by atoms with van der Waals surface area (Å²) in [4.78, 5) is 14.5. The van der Waals surface area contributed by atoms with Crippen LogP contribution in [0.4, 0.5) is 5.69 Å². The van der Waals surface area contributed by atoms with Crippen molar-refractivity contribution in [1.29, 1.82) is 5.26 Å². The van der Waals surface area contributed by atoms with Gasteiger partial charge in [0.25, 0.3) is 0 Å². The summed E-state index contributed by atoms with van der Waals surface area (Å²) in [6.45, 7) is 20.8. The van der Waals surface area contributed by atoms with Crippen LogP contribution >= 0.6 is 0 Å². The number of fused-ring (bicyclic) bond motifs is 1. The van der Waals surface area contributed by atoms with E-state index in [1.807, 2.05) is 112 Å². The number of phenolic OH excluding ortho intramolecular Hbond substituents is 1. The van der Waals surface area contributed by atoms with Crippen LogP contribution < -0.4 is 0 Å². The molecule has 64 heavy (non-hydrogen) atoms. The quantitative estimate of drug-likeness (QED) is 0.162. The predicted molar refractivity (Wildman–Crippen MR) is 262 cm³/mol. The molecule has 0 unspecified atom stereocenters. The van der Waals surface area contributed by atoms with Crippen LogP contribution in [-0.4, -0.2) is 19.6 Å². The van der Waals surface area contributed by atoms with Gasteiger partial charge in [0.15, 0.2) is 5.69 Å². The molecular weight excluding hydrogens is 783 g/mol. The molecule has 2 aromatic heterocycles. The third kappa shape index (κ3) is 7.50. The molecule has 6 heteroatoms. The number of nitrogens with zero attached hydrogens (tertiary/aromatic N) is 5. The molecule has 0 fully saturated rings. The van der Waals surface area contributed by atoms with Gasteiger partial charge in [-0.3, -0.25) is 9.55 Å².